The highest BCUT2D eigenvalue weighted by molar-refractivity contribution is 5.36. The minimum absolute atomic E-state index is 0.243. The highest BCUT2D eigenvalue weighted by Gasteiger charge is 2.48. The van der Waals surface area contributed by atoms with Gasteiger partial charge in [0.15, 0.2) is 0 Å². The summed E-state index contributed by atoms with van der Waals surface area (Å²) in [5.74, 6) is 2.22. The van der Waals surface area contributed by atoms with Crippen LogP contribution in [0.15, 0.2) is 18.2 Å². The van der Waals surface area contributed by atoms with Crippen molar-refractivity contribution in [2.24, 2.45) is 17.8 Å². The molecular formula is C18H26O. The van der Waals surface area contributed by atoms with Crippen LogP contribution < -0.4 is 0 Å². The van der Waals surface area contributed by atoms with Crippen LogP contribution in [0.25, 0.3) is 0 Å². The molecule has 0 bridgehead atoms. The fourth-order valence-corrected chi connectivity index (χ4v) is 3.86. The molecular weight excluding hydrogens is 232 g/mol. The lowest BCUT2D eigenvalue weighted by atomic mass is 9.83. The van der Waals surface area contributed by atoms with Gasteiger partial charge in [0.05, 0.1) is 0 Å². The highest BCUT2D eigenvalue weighted by Crippen LogP contribution is 2.52. The third-order valence-corrected chi connectivity index (χ3v) is 5.29. The molecule has 1 nitrogen and oxygen atoms in total. The van der Waals surface area contributed by atoms with Crippen LogP contribution in [0, 0.1) is 17.8 Å². The Morgan fingerprint density at radius 1 is 1.05 bits per heavy atom. The zero-order chi connectivity index (χ0) is 13.6. The molecule has 3 atom stereocenters. The maximum atomic E-state index is 9.39. The predicted molar refractivity (Wildman–Crippen MR) is 79.3 cm³/mol. The van der Waals surface area contributed by atoms with Gasteiger partial charge in [-0.15, -0.1) is 0 Å². The summed E-state index contributed by atoms with van der Waals surface area (Å²) in [6.07, 6.45) is 4.96. The van der Waals surface area contributed by atoms with Gasteiger partial charge in [0.2, 0.25) is 0 Å². The first kappa shape index (κ1) is 13.2. The molecule has 1 fully saturated rings. The smallest absolute Gasteiger partial charge is 0.0464 e. The monoisotopic (exact) mass is 258 g/mol. The molecule has 1 saturated carbocycles. The molecule has 2 aliphatic rings. The maximum Gasteiger partial charge on any atom is 0.0464 e. The highest BCUT2D eigenvalue weighted by atomic mass is 16.3. The molecule has 1 N–H and O–H groups in total. The third kappa shape index (κ3) is 2.45. The van der Waals surface area contributed by atoms with Crippen LogP contribution in [0.3, 0.4) is 0 Å². The van der Waals surface area contributed by atoms with Crippen molar-refractivity contribution in [2.75, 3.05) is 6.61 Å². The van der Waals surface area contributed by atoms with E-state index in [-0.39, 0.29) is 5.41 Å². The van der Waals surface area contributed by atoms with Crippen LogP contribution >= 0.6 is 0 Å². The number of benzene rings is 1. The lowest BCUT2D eigenvalue weighted by Crippen LogP contribution is -2.12. The van der Waals surface area contributed by atoms with E-state index < -0.39 is 0 Å². The molecule has 0 radical (unpaired) electrons. The van der Waals surface area contributed by atoms with E-state index in [1.807, 2.05) is 0 Å². The number of fused-ring (bicyclic) bond motifs is 2. The van der Waals surface area contributed by atoms with Gasteiger partial charge in [0, 0.05) is 6.61 Å². The fraction of sp³-hybridized carbons (Fsp3) is 0.667. The summed E-state index contributed by atoms with van der Waals surface area (Å²) in [7, 11) is 0. The van der Waals surface area contributed by atoms with Crippen LogP contribution in [-0.4, -0.2) is 11.7 Å². The third-order valence-electron chi connectivity index (χ3n) is 5.29. The van der Waals surface area contributed by atoms with Crippen LogP contribution in [-0.2, 0) is 18.3 Å². The molecule has 0 heterocycles. The van der Waals surface area contributed by atoms with Gasteiger partial charge in [-0.25, -0.2) is 0 Å². The van der Waals surface area contributed by atoms with Crippen LogP contribution in [0.1, 0.15) is 50.3 Å². The Hall–Kier alpha value is -0.820. The molecule has 0 unspecified atom stereocenters. The van der Waals surface area contributed by atoms with E-state index in [2.05, 4.69) is 39.0 Å². The van der Waals surface area contributed by atoms with Crippen molar-refractivity contribution in [3.8, 4) is 0 Å². The summed E-state index contributed by atoms with van der Waals surface area (Å²) < 4.78 is 0. The summed E-state index contributed by atoms with van der Waals surface area (Å²) >= 11 is 0. The standard InChI is InChI=1S/C18H26O/c1-18(2,3)14-7-4-12-5-8-15-16(17(15)11-19)9-6-13(12)10-14/h4,7,10,15-17,19H,5-6,8-9,11H2,1-3H3/t15-,16+,17-/m0/s1. The second-order valence-corrected chi connectivity index (χ2v) is 7.48. The number of rotatable bonds is 1. The molecule has 1 aromatic rings. The van der Waals surface area contributed by atoms with Crippen molar-refractivity contribution in [3.63, 3.8) is 0 Å². The minimum Gasteiger partial charge on any atom is -0.396 e. The normalized spacial score (nSPS) is 30.0. The number of aliphatic hydroxyl groups excluding tert-OH is 1. The van der Waals surface area contributed by atoms with E-state index >= 15 is 0 Å². The summed E-state index contributed by atoms with van der Waals surface area (Å²) in [6.45, 7) is 7.27. The van der Waals surface area contributed by atoms with Crippen molar-refractivity contribution in [2.45, 2.75) is 51.9 Å². The largest absolute Gasteiger partial charge is 0.396 e. The summed E-state index contributed by atoms with van der Waals surface area (Å²) in [6, 6.07) is 7.10. The Kier molecular flexibility index (Phi) is 3.21. The molecule has 0 spiro atoms. The molecule has 3 rings (SSSR count). The van der Waals surface area contributed by atoms with E-state index in [9.17, 15) is 5.11 Å². The van der Waals surface area contributed by atoms with Crippen LogP contribution in [0.5, 0.6) is 0 Å². The van der Waals surface area contributed by atoms with Crippen molar-refractivity contribution >= 4 is 0 Å². The average molecular weight is 258 g/mol. The van der Waals surface area contributed by atoms with Gasteiger partial charge < -0.3 is 5.11 Å². The van der Waals surface area contributed by atoms with E-state index in [0.717, 1.165) is 11.8 Å². The first-order chi connectivity index (χ1) is 9.00. The average Bonchev–Trinajstić information content (AvgIpc) is 3.01. The lowest BCUT2D eigenvalue weighted by molar-refractivity contribution is 0.262. The topological polar surface area (TPSA) is 20.2 Å². The Morgan fingerprint density at radius 2 is 1.68 bits per heavy atom. The van der Waals surface area contributed by atoms with E-state index in [0.29, 0.717) is 12.5 Å². The SMILES string of the molecule is CC(C)(C)c1ccc2c(c1)CC[C@H]1[C@@H](CO)[C@H]1CC2. The second-order valence-electron chi connectivity index (χ2n) is 7.48. The van der Waals surface area contributed by atoms with Gasteiger partial charge in [-0.05, 0) is 65.5 Å². The molecule has 104 valence electrons. The molecule has 0 aromatic heterocycles. The van der Waals surface area contributed by atoms with Gasteiger partial charge >= 0.3 is 0 Å². The first-order valence-electron chi connectivity index (χ1n) is 7.74. The minimum atomic E-state index is 0.243. The van der Waals surface area contributed by atoms with Gasteiger partial charge in [-0.3, -0.25) is 0 Å². The van der Waals surface area contributed by atoms with Crippen molar-refractivity contribution in [1.82, 2.24) is 0 Å². The maximum absolute atomic E-state index is 9.39. The van der Waals surface area contributed by atoms with Crippen molar-refractivity contribution < 1.29 is 5.11 Å². The van der Waals surface area contributed by atoms with E-state index in [1.54, 1.807) is 11.1 Å². The molecule has 0 aliphatic heterocycles. The van der Waals surface area contributed by atoms with Crippen LogP contribution in [0.4, 0.5) is 0 Å². The molecule has 19 heavy (non-hydrogen) atoms. The Balaban J connectivity index is 1.83. The lowest BCUT2D eigenvalue weighted by Gasteiger charge is -2.22. The number of aryl methyl sites for hydroxylation is 2. The molecule has 1 heteroatoms. The quantitative estimate of drug-likeness (QED) is 0.814. The zero-order valence-corrected chi connectivity index (χ0v) is 12.4. The molecule has 0 amide bonds. The van der Waals surface area contributed by atoms with Crippen molar-refractivity contribution in [1.29, 1.82) is 0 Å². The Labute approximate surface area is 117 Å². The predicted octanol–water partition coefficient (Wildman–Crippen LogP) is 3.72. The fourth-order valence-electron chi connectivity index (χ4n) is 3.86. The second kappa shape index (κ2) is 4.63. The summed E-state index contributed by atoms with van der Waals surface area (Å²) in [4.78, 5) is 0. The number of aliphatic hydroxyl groups is 1. The molecule has 1 aromatic carbocycles. The Morgan fingerprint density at radius 3 is 2.26 bits per heavy atom. The molecule has 0 saturated heterocycles. The first-order valence-corrected chi connectivity index (χ1v) is 7.74. The van der Waals surface area contributed by atoms with Gasteiger partial charge in [-0.2, -0.15) is 0 Å². The van der Waals surface area contributed by atoms with Gasteiger partial charge in [-0.1, -0.05) is 39.0 Å². The van der Waals surface area contributed by atoms with E-state index in [4.69, 9.17) is 0 Å². The Bertz CT molecular complexity index is 469. The van der Waals surface area contributed by atoms with Crippen molar-refractivity contribution in [3.05, 3.63) is 34.9 Å². The van der Waals surface area contributed by atoms with Gasteiger partial charge in [0.1, 0.15) is 0 Å². The molecule has 2 aliphatic carbocycles. The number of hydrogen-bond acceptors (Lipinski definition) is 1. The van der Waals surface area contributed by atoms with Crippen LogP contribution in [0.2, 0.25) is 0 Å². The summed E-state index contributed by atoms with van der Waals surface area (Å²) in [5.41, 5.74) is 4.81. The van der Waals surface area contributed by atoms with Gasteiger partial charge in [0.25, 0.3) is 0 Å². The number of hydrogen-bond donors (Lipinski definition) is 1. The zero-order valence-electron chi connectivity index (χ0n) is 12.4. The van der Waals surface area contributed by atoms with E-state index in [1.165, 1.54) is 31.2 Å². The summed E-state index contributed by atoms with van der Waals surface area (Å²) in [5, 5.41) is 9.39.